The fraction of sp³-hybridized carbons (Fsp3) is 0.583. The van der Waals surface area contributed by atoms with Gasteiger partial charge in [-0.1, -0.05) is 13.8 Å². The standard InChI is InChI=1S/C12H20N2O2/c1-10(2)9-15-5-6-16-12-4-3-11(7-13)14-8-12/h3-4,8,10H,5-7,9,13H2,1-2H3. The molecule has 0 fully saturated rings. The van der Waals surface area contributed by atoms with E-state index in [2.05, 4.69) is 18.8 Å². The van der Waals surface area contributed by atoms with E-state index in [0.717, 1.165) is 18.1 Å². The second kappa shape index (κ2) is 7.19. The highest BCUT2D eigenvalue weighted by Gasteiger charge is 1.97. The molecule has 0 amide bonds. The van der Waals surface area contributed by atoms with Crippen LogP contribution >= 0.6 is 0 Å². The molecule has 0 aliphatic heterocycles. The predicted molar refractivity (Wildman–Crippen MR) is 63.3 cm³/mol. The molecule has 1 aromatic heterocycles. The van der Waals surface area contributed by atoms with Gasteiger partial charge in [0.15, 0.2) is 0 Å². The highest BCUT2D eigenvalue weighted by Crippen LogP contribution is 2.08. The fourth-order valence-corrected chi connectivity index (χ4v) is 1.15. The Morgan fingerprint density at radius 3 is 2.69 bits per heavy atom. The van der Waals surface area contributed by atoms with Gasteiger partial charge in [0.05, 0.1) is 18.5 Å². The first-order chi connectivity index (χ1) is 7.72. The number of nitrogens with two attached hydrogens (primary N) is 1. The maximum absolute atomic E-state index is 5.46. The van der Waals surface area contributed by atoms with Crippen molar-refractivity contribution in [1.29, 1.82) is 0 Å². The number of pyridine rings is 1. The lowest BCUT2D eigenvalue weighted by atomic mass is 10.2. The van der Waals surface area contributed by atoms with Gasteiger partial charge in [0.2, 0.25) is 0 Å². The first kappa shape index (κ1) is 12.9. The summed E-state index contributed by atoms with van der Waals surface area (Å²) in [6, 6.07) is 3.74. The van der Waals surface area contributed by atoms with Crippen molar-refractivity contribution in [3.63, 3.8) is 0 Å². The fourth-order valence-electron chi connectivity index (χ4n) is 1.15. The van der Waals surface area contributed by atoms with Crippen molar-refractivity contribution in [1.82, 2.24) is 4.98 Å². The molecule has 0 saturated carbocycles. The Kier molecular flexibility index (Phi) is 5.82. The van der Waals surface area contributed by atoms with Gasteiger partial charge < -0.3 is 15.2 Å². The van der Waals surface area contributed by atoms with E-state index < -0.39 is 0 Å². The van der Waals surface area contributed by atoms with Crippen molar-refractivity contribution >= 4 is 0 Å². The van der Waals surface area contributed by atoms with E-state index in [0.29, 0.717) is 25.7 Å². The Hall–Kier alpha value is -1.13. The number of rotatable bonds is 7. The van der Waals surface area contributed by atoms with Crippen LogP contribution in [-0.4, -0.2) is 24.8 Å². The Morgan fingerprint density at radius 2 is 2.12 bits per heavy atom. The molecular formula is C12H20N2O2. The summed E-state index contributed by atoms with van der Waals surface area (Å²) in [6.07, 6.45) is 1.69. The number of nitrogens with zero attached hydrogens (tertiary/aromatic N) is 1. The lowest BCUT2D eigenvalue weighted by molar-refractivity contribution is 0.0818. The van der Waals surface area contributed by atoms with Crippen LogP contribution in [0.5, 0.6) is 5.75 Å². The van der Waals surface area contributed by atoms with E-state index in [1.807, 2.05) is 12.1 Å². The van der Waals surface area contributed by atoms with E-state index in [1.54, 1.807) is 6.20 Å². The Labute approximate surface area is 96.8 Å². The maximum atomic E-state index is 5.46. The van der Waals surface area contributed by atoms with E-state index in [1.165, 1.54) is 0 Å². The molecule has 0 aliphatic carbocycles. The van der Waals surface area contributed by atoms with Crippen molar-refractivity contribution < 1.29 is 9.47 Å². The van der Waals surface area contributed by atoms with Crippen LogP contribution in [0.15, 0.2) is 18.3 Å². The van der Waals surface area contributed by atoms with Gasteiger partial charge in [-0.3, -0.25) is 4.98 Å². The molecular weight excluding hydrogens is 204 g/mol. The molecule has 0 spiro atoms. The summed E-state index contributed by atoms with van der Waals surface area (Å²) >= 11 is 0. The highest BCUT2D eigenvalue weighted by molar-refractivity contribution is 5.19. The van der Waals surface area contributed by atoms with Gasteiger partial charge in [0, 0.05) is 13.2 Å². The van der Waals surface area contributed by atoms with Crippen LogP contribution in [0.1, 0.15) is 19.5 Å². The third-order valence-electron chi connectivity index (χ3n) is 1.95. The van der Waals surface area contributed by atoms with E-state index in [4.69, 9.17) is 15.2 Å². The monoisotopic (exact) mass is 224 g/mol. The molecule has 0 aliphatic rings. The van der Waals surface area contributed by atoms with Crippen LogP contribution in [0.2, 0.25) is 0 Å². The molecule has 16 heavy (non-hydrogen) atoms. The van der Waals surface area contributed by atoms with Crippen molar-refractivity contribution in [3.8, 4) is 5.75 Å². The molecule has 0 atom stereocenters. The summed E-state index contributed by atoms with van der Waals surface area (Å²) in [7, 11) is 0. The lowest BCUT2D eigenvalue weighted by Gasteiger charge is -2.08. The summed E-state index contributed by atoms with van der Waals surface area (Å²) in [6.45, 7) is 6.63. The average Bonchev–Trinajstić information content (AvgIpc) is 2.29. The van der Waals surface area contributed by atoms with E-state index in [9.17, 15) is 0 Å². The van der Waals surface area contributed by atoms with Crippen LogP contribution in [0, 0.1) is 5.92 Å². The molecule has 4 heteroatoms. The van der Waals surface area contributed by atoms with Gasteiger partial charge in [-0.25, -0.2) is 0 Å². The van der Waals surface area contributed by atoms with Gasteiger partial charge in [-0.2, -0.15) is 0 Å². The maximum Gasteiger partial charge on any atom is 0.137 e. The second-order valence-electron chi connectivity index (χ2n) is 4.01. The minimum atomic E-state index is 0.456. The third kappa shape index (κ3) is 5.09. The van der Waals surface area contributed by atoms with Gasteiger partial charge in [0.25, 0.3) is 0 Å². The van der Waals surface area contributed by atoms with Crippen molar-refractivity contribution in [2.75, 3.05) is 19.8 Å². The quantitative estimate of drug-likeness (QED) is 0.715. The normalized spacial score (nSPS) is 10.8. The summed E-state index contributed by atoms with van der Waals surface area (Å²) in [5.74, 6) is 1.32. The molecule has 1 rings (SSSR count). The predicted octanol–water partition coefficient (Wildman–Crippen LogP) is 1.59. The van der Waals surface area contributed by atoms with E-state index >= 15 is 0 Å². The SMILES string of the molecule is CC(C)COCCOc1ccc(CN)nc1. The van der Waals surface area contributed by atoms with Gasteiger partial charge in [0.1, 0.15) is 12.4 Å². The van der Waals surface area contributed by atoms with Crippen molar-refractivity contribution in [3.05, 3.63) is 24.0 Å². The molecule has 90 valence electrons. The number of aromatic nitrogens is 1. The Balaban J connectivity index is 2.16. The largest absolute Gasteiger partial charge is 0.490 e. The summed E-state index contributed by atoms with van der Waals surface area (Å²) in [5.41, 5.74) is 6.31. The Bertz CT molecular complexity index is 286. The summed E-state index contributed by atoms with van der Waals surface area (Å²) in [5, 5.41) is 0. The van der Waals surface area contributed by atoms with E-state index in [-0.39, 0.29) is 0 Å². The van der Waals surface area contributed by atoms with Crippen molar-refractivity contribution in [2.24, 2.45) is 11.7 Å². The molecule has 1 heterocycles. The Morgan fingerprint density at radius 1 is 1.31 bits per heavy atom. The molecule has 0 aromatic carbocycles. The topological polar surface area (TPSA) is 57.4 Å². The zero-order chi connectivity index (χ0) is 11.8. The van der Waals surface area contributed by atoms with Crippen LogP contribution in [0.25, 0.3) is 0 Å². The van der Waals surface area contributed by atoms with Gasteiger partial charge >= 0.3 is 0 Å². The van der Waals surface area contributed by atoms with Crippen LogP contribution < -0.4 is 10.5 Å². The second-order valence-corrected chi connectivity index (χ2v) is 4.01. The first-order valence-electron chi connectivity index (χ1n) is 5.58. The zero-order valence-electron chi connectivity index (χ0n) is 9.98. The minimum Gasteiger partial charge on any atom is -0.490 e. The molecule has 0 unspecified atom stereocenters. The highest BCUT2D eigenvalue weighted by atomic mass is 16.5. The molecule has 0 saturated heterocycles. The average molecular weight is 224 g/mol. The third-order valence-corrected chi connectivity index (χ3v) is 1.95. The van der Waals surface area contributed by atoms with Gasteiger partial charge in [-0.15, -0.1) is 0 Å². The van der Waals surface area contributed by atoms with Gasteiger partial charge in [-0.05, 0) is 18.1 Å². The molecule has 0 radical (unpaired) electrons. The molecule has 0 bridgehead atoms. The lowest BCUT2D eigenvalue weighted by Crippen LogP contribution is -2.10. The minimum absolute atomic E-state index is 0.456. The zero-order valence-corrected chi connectivity index (χ0v) is 9.98. The van der Waals surface area contributed by atoms with Crippen LogP contribution in [0.3, 0.4) is 0 Å². The molecule has 4 nitrogen and oxygen atoms in total. The van der Waals surface area contributed by atoms with Crippen LogP contribution in [0.4, 0.5) is 0 Å². The smallest absolute Gasteiger partial charge is 0.137 e. The molecule has 1 aromatic rings. The number of ether oxygens (including phenoxy) is 2. The summed E-state index contributed by atoms with van der Waals surface area (Å²) in [4.78, 5) is 4.13. The molecule has 2 N–H and O–H groups in total. The number of hydrogen-bond acceptors (Lipinski definition) is 4. The number of hydrogen-bond donors (Lipinski definition) is 1. The van der Waals surface area contributed by atoms with Crippen molar-refractivity contribution in [2.45, 2.75) is 20.4 Å². The van der Waals surface area contributed by atoms with Crippen LogP contribution in [-0.2, 0) is 11.3 Å². The summed E-state index contributed by atoms with van der Waals surface area (Å²) < 4.78 is 10.9. The first-order valence-corrected chi connectivity index (χ1v) is 5.58.